The van der Waals surface area contributed by atoms with E-state index in [1.807, 2.05) is 48.5 Å². The summed E-state index contributed by atoms with van der Waals surface area (Å²) in [6, 6.07) is 15.2. The fraction of sp³-hybridized carbons (Fsp3) is 0.333. The van der Waals surface area contributed by atoms with E-state index in [0.717, 1.165) is 26.4 Å². The van der Waals surface area contributed by atoms with Gasteiger partial charge in [0.05, 0.1) is 16.3 Å². The number of aryl methyl sites for hydroxylation is 1. The summed E-state index contributed by atoms with van der Waals surface area (Å²) in [5.41, 5.74) is 8.30. The molecule has 1 heterocycles. The van der Waals surface area contributed by atoms with Crippen molar-refractivity contribution in [2.24, 2.45) is 11.7 Å². The number of nitrogens with two attached hydrogens (primary N) is 1. The number of para-hydroxylation sites is 1. The molecule has 0 aliphatic rings. The number of amides is 2. The van der Waals surface area contributed by atoms with Gasteiger partial charge in [-0.1, -0.05) is 43.3 Å². The van der Waals surface area contributed by atoms with Crippen LogP contribution in [0.15, 0.2) is 48.5 Å². The number of nitrogens with one attached hydrogen (secondary N) is 1. The van der Waals surface area contributed by atoms with Crippen molar-refractivity contribution in [1.82, 2.24) is 10.3 Å². The maximum atomic E-state index is 12.6. The number of benzene rings is 2. The van der Waals surface area contributed by atoms with Crippen molar-refractivity contribution in [3.05, 3.63) is 54.1 Å². The van der Waals surface area contributed by atoms with E-state index in [9.17, 15) is 19.2 Å². The summed E-state index contributed by atoms with van der Waals surface area (Å²) in [5, 5.41) is 19.4. The fourth-order valence-electron chi connectivity index (χ4n) is 3.77. The molecule has 2 amide bonds. The summed E-state index contributed by atoms with van der Waals surface area (Å²) in [4.78, 5) is 60.5. The summed E-state index contributed by atoms with van der Waals surface area (Å²) in [6.07, 6.45) is 0.651. The van der Waals surface area contributed by atoms with Crippen LogP contribution in [0.2, 0.25) is 0 Å². The molecule has 5 N–H and O–H groups in total. The molecule has 2 aromatic carbocycles. The lowest BCUT2D eigenvalue weighted by Gasteiger charge is -2.19. The van der Waals surface area contributed by atoms with Crippen LogP contribution in [0, 0.1) is 5.92 Å². The van der Waals surface area contributed by atoms with Gasteiger partial charge in [0.15, 0.2) is 5.78 Å². The molecule has 202 valence electrons. The number of aliphatic carboxylic acids is 1. The number of fused-ring (bicyclic) bond motifs is 1. The van der Waals surface area contributed by atoms with Crippen LogP contribution in [-0.2, 0) is 30.4 Å². The number of nitrogens with zero attached hydrogens (tertiary/aromatic N) is 1. The number of primary amides is 1. The quantitative estimate of drug-likeness (QED) is 0.238. The Bertz CT molecular complexity index is 1220. The van der Waals surface area contributed by atoms with E-state index in [1.165, 1.54) is 0 Å². The molecule has 0 fully saturated rings. The van der Waals surface area contributed by atoms with Crippen LogP contribution in [0.25, 0.3) is 20.8 Å². The van der Waals surface area contributed by atoms with E-state index in [0.29, 0.717) is 12.8 Å². The van der Waals surface area contributed by atoms with Gasteiger partial charge in [-0.3, -0.25) is 24.0 Å². The Kier molecular flexibility index (Phi) is 12.0. The van der Waals surface area contributed by atoms with Gasteiger partial charge >= 0.3 is 5.97 Å². The van der Waals surface area contributed by atoms with Crippen LogP contribution in [0.5, 0.6) is 0 Å². The first-order valence-corrected chi connectivity index (χ1v) is 12.9. The minimum atomic E-state index is -1.06. The van der Waals surface area contributed by atoms with E-state index >= 15 is 0 Å². The number of carboxylic acids is 1. The molecule has 11 heteroatoms. The smallest absolute Gasteiger partial charge is 0.303 e. The van der Waals surface area contributed by atoms with Crippen molar-refractivity contribution in [1.29, 1.82) is 0 Å². The summed E-state index contributed by atoms with van der Waals surface area (Å²) in [6.45, 7) is 1.51. The van der Waals surface area contributed by atoms with Crippen molar-refractivity contribution in [2.75, 3.05) is 0 Å². The average Bonchev–Trinajstić information content (AvgIpc) is 3.33. The zero-order valence-electron chi connectivity index (χ0n) is 21.0. The second-order valence-corrected chi connectivity index (χ2v) is 9.55. The Morgan fingerprint density at radius 2 is 1.74 bits per heavy atom. The van der Waals surface area contributed by atoms with Crippen molar-refractivity contribution in [3.63, 3.8) is 0 Å². The predicted octanol–water partition coefficient (Wildman–Crippen LogP) is 3.42. The molecular formula is C27H31N3O7S. The summed E-state index contributed by atoms with van der Waals surface area (Å²) >= 11 is 1.63. The normalized spacial score (nSPS) is 12.0. The van der Waals surface area contributed by atoms with Crippen LogP contribution in [0.4, 0.5) is 0 Å². The molecule has 1 aromatic heterocycles. The lowest BCUT2D eigenvalue weighted by Crippen LogP contribution is -2.42. The van der Waals surface area contributed by atoms with Gasteiger partial charge < -0.3 is 21.3 Å². The number of hydrogen-bond donors (Lipinski definition) is 4. The number of carboxylic acid groups (broad SMARTS) is 2. The van der Waals surface area contributed by atoms with Crippen LogP contribution < -0.4 is 11.1 Å². The Hall–Kier alpha value is -4.12. The molecule has 2 atom stereocenters. The number of rotatable bonds is 13. The van der Waals surface area contributed by atoms with Gasteiger partial charge in [0.25, 0.3) is 6.47 Å². The molecule has 0 saturated heterocycles. The molecule has 3 rings (SSSR count). The fourth-order valence-corrected chi connectivity index (χ4v) is 4.74. The van der Waals surface area contributed by atoms with Crippen molar-refractivity contribution in [2.45, 2.75) is 51.5 Å². The SMILES string of the molecule is CC[C@H](NC(=O)CCc1ccc(-c2nc3ccccc3s2)cc1)C(=O)C[C@@H](CCC(=O)O)C(N)=O.O=CO. The summed E-state index contributed by atoms with van der Waals surface area (Å²) < 4.78 is 1.13. The molecule has 0 aliphatic heterocycles. The standard InChI is InChI=1S/C26H29N3O5S.CH2O2/c1-2-19(21(30)15-18(25(27)34)12-14-24(32)33)28-23(31)13-9-16-7-10-17(11-8-16)26-29-20-5-3-4-6-22(20)35-26;2-1-3/h3-8,10-11,18-19H,2,9,12-15H2,1H3,(H2,27,34)(H,28,31)(H,32,33);1H,(H,2,3)/t18-,19+;/m1./s1. The molecule has 0 aliphatic carbocycles. The van der Waals surface area contributed by atoms with Gasteiger partial charge in [-0.2, -0.15) is 0 Å². The zero-order chi connectivity index (χ0) is 28.1. The predicted molar refractivity (Wildman–Crippen MR) is 143 cm³/mol. The van der Waals surface area contributed by atoms with Gasteiger partial charge in [-0.25, -0.2) is 4.98 Å². The zero-order valence-corrected chi connectivity index (χ0v) is 21.8. The van der Waals surface area contributed by atoms with E-state index in [2.05, 4.69) is 10.3 Å². The van der Waals surface area contributed by atoms with Crippen LogP contribution in [-0.4, -0.2) is 51.3 Å². The number of thiazole rings is 1. The third kappa shape index (κ3) is 9.40. The van der Waals surface area contributed by atoms with Crippen molar-refractivity contribution in [3.8, 4) is 10.6 Å². The first kappa shape index (κ1) is 30.1. The van der Waals surface area contributed by atoms with Crippen molar-refractivity contribution >= 4 is 51.6 Å². The molecular weight excluding hydrogens is 510 g/mol. The number of aromatic nitrogens is 1. The third-order valence-electron chi connectivity index (χ3n) is 5.82. The lowest BCUT2D eigenvalue weighted by atomic mass is 9.92. The summed E-state index contributed by atoms with van der Waals surface area (Å²) in [5.74, 6) is -3.22. The largest absolute Gasteiger partial charge is 0.483 e. The average molecular weight is 542 g/mol. The summed E-state index contributed by atoms with van der Waals surface area (Å²) in [7, 11) is 0. The van der Waals surface area contributed by atoms with E-state index < -0.39 is 23.8 Å². The monoisotopic (exact) mass is 541 g/mol. The van der Waals surface area contributed by atoms with Crippen LogP contribution in [0.3, 0.4) is 0 Å². The number of ketones is 1. The molecule has 0 saturated carbocycles. The Morgan fingerprint density at radius 3 is 2.32 bits per heavy atom. The van der Waals surface area contributed by atoms with Gasteiger partial charge in [-0.05, 0) is 37.0 Å². The topological polar surface area (TPSA) is 177 Å². The highest BCUT2D eigenvalue weighted by Crippen LogP contribution is 2.30. The molecule has 10 nitrogen and oxygen atoms in total. The van der Waals surface area contributed by atoms with Gasteiger partial charge in [0.1, 0.15) is 5.01 Å². The van der Waals surface area contributed by atoms with Gasteiger partial charge in [0.2, 0.25) is 11.8 Å². The lowest BCUT2D eigenvalue weighted by molar-refractivity contribution is -0.138. The maximum absolute atomic E-state index is 12.6. The maximum Gasteiger partial charge on any atom is 0.303 e. The highest BCUT2D eigenvalue weighted by Gasteiger charge is 2.26. The third-order valence-corrected chi connectivity index (χ3v) is 6.91. The Balaban J connectivity index is 0.00000161. The number of carbonyl (C=O) groups excluding carboxylic acids is 3. The molecule has 0 spiro atoms. The second kappa shape index (κ2) is 15.2. The molecule has 0 unspecified atom stereocenters. The highest BCUT2D eigenvalue weighted by molar-refractivity contribution is 7.21. The first-order chi connectivity index (χ1) is 18.2. The second-order valence-electron chi connectivity index (χ2n) is 8.52. The van der Waals surface area contributed by atoms with E-state index in [1.54, 1.807) is 18.3 Å². The Morgan fingerprint density at radius 1 is 1.08 bits per heavy atom. The number of carbonyl (C=O) groups is 5. The molecule has 3 aromatic rings. The minimum absolute atomic E-state index is 0.00615. The van der Waals surface area contributed by atoms with Crippen LogP contribution >= 0.6 is 11.3 Å². The van der Waals surface area contributed by atoms with E-state index in [4.69, 9.17) is 20.7 Å². The minimum Gasteiger partial charge on any atom is -0.483 e. The highest BCUT2D eigenvalue weighted by atomic mass is 32.1. The molecule has 0 bridgehead atoms. The molecule has 0 radical (unpaired) electrons. The van der Waals surface area contributed by atoms with Gasteiger partial charge in [-0.15, -0.1) is 11.3 Å². The van der Waals surface area contributed by atoms with Gasteiger partial charge in [0, 0.05) is 30.7 Å². The number of Topliss-reactive ketones (excluding diaryl/α,β-unsaturated/α-hetero) is 1. The Labute approximate surface area is 223 Å². The number of hydrogen-bond acceptors (Lipinski definition) is 7. The first-order valence-electron chi connectivity index (χ1n) is 12.0. The molecule has 38 heavy (non-hydrogen) atoms. The van der Waals surface area contributed by atoms with E-state index in [-0.39, 0.29) is 43.8 Å². The van der Waals surface area contributed by atoms with Crippen molar-refractivity contribution < 1.29 is 34.2 Å². The van der Waals surface area contributed by atoms with Crippen LogP contribution in [0.1, 0.15) is 44.6 Å².